The van der Waals surface area contributed by atoms with Gasteiger partial charge in [-0.15, -0.1) is 0 Å². The number of amides is 1. The smallest absolute Gasteiger partial charge is 0.326 e. The highest BCUT2D eigenvalue weighted by Crippen LogP contribution is 2.06. The first-order valence-corrected chi connectivity index (χ1v) is 5.77. The first-order valence-electron chi connectivity index (χ1n) is 5.77. The summed E-state index contributed by atoms with van der Waals surface area (Å²) in [5.41, 5.74) is 5.48. The SMILES string of the molecule is CCC[C@@H](NC(=O)CC(CC)CN)C(=O)O. The van der Waals surface area contributed by atoms with E-state index in [1.165, 1.54) is 0 Å². The minimum Gasteiger partial charge on any atom is -0.480 e. The van der Waals surface area contributed by atoms with Gasteiger partial charge in [-0.1, -0.05) is 26.7 Å². The summed E-state index contributed by atoms with van der Waals surface area (Å²) in [5, 5.41) is 11.4. The van der Waals surface area contributed by atoms with Crippen molar-refractivity contribution in [2.45, 2.75) is 45.6 Å². The zero-order chi connectivity index (χ0) is 12.6. The van der Waals surface area contributed by atoms with Gasteiger partial charge in [0.05, 0.1) is 0 Å². The largest absolute Gasteiger partial charge is 0.480 e. The van der Waals surface area contributed by atoms with E-state index in [0.29, 0.717) is 19.4 Å². The Morgan fingerprint density at radius 3 is 2.38 bits per heavy atom. The Bertz CT molecular complexity index is 227. The summed E-state index contributed by atoms with van der Waals surface area (Å²) >= 11 is 0. The number of aliphatic carboxylic acids is 1. The van der Waals surface area contributed by atoms with Crippen LogP contribution in [0.25, 0.3) is 0 Å². The highest BCUT2D eigenvalue weighted by molar-refractivity contribution is 5.83. The molecule has 0 aromatic carbocycles. The normalized spacial score (nSPS) is 14.2. The average molecular weight is 230 g/mol. The number of carbonyl (C=O) groups is 2. The lowest BCUT2D eigenvalue weighted by molar-refractivity contribution is -0.142. The molecule has 0 aromatic heterocycles. The molecule has 0 saturated heterocycles. The second kappa shape index (κ2) is 8.10. The molecule has 5 heteroatoms. The Morgan fingerprint density at radius 2 is 2.00 bits per heavy atom. The van der Waals surface area contributed by atoms with Gasteiger partial charge in [0.15, 0.2) is 0 Å². The van der Waals surface area contributed by atoms with E-state index >= 15 is 0 Å². The van der Waals surface area contributed by atoms with Crippen molar-refractivity contribution in [3.05, 3.63) is 0 Å². The predicted molar refractivity (Wildman–Crippen MR) is 61.9 cm³/mol. The van der Waals surface area contributed by atoms with Gasteiger partial charge >= 0.3 is 5.97 Å². The second-order valence-electron chi connectivity index (χ2n) is 3.96. The summed E-state index contributed by atoms with van der Waals surface area (Å²) in [6, 6.07) is -0.771. The van der Waals surface area contributed by atoms with Crippen LogP contribution in [0, 0.1) is 5.92 Å². The van der Waals surface area contributed by atoms with E-state index in [2.05, 4.69) is 5.32 Å². The molecule has 94 valence electrons. The topological polar surface area (TPSA) is 92.4 Å². The van der Waals surface area contributed by atoms with Gasteiger partial charge in [-0.3, -0.25) is 4.79 Å². The number of hydrogen-bond acceptors (Lipinski definition) is 3. The summed E-state index contributed by atoms with van der Waals surface area (Å²) in [6.07, 6.45) is 2.32. The van der Waals surface area contributed by atoms with Gasteiger partial charge in [-0.25, -0.2) is 4.79 Å². The van der Waals surface area contributed by atoms with Crippen LogP contribution < -0.4 is 11.1 Å². The molecule has 0 aliphatic rings. The van der Waals surface area contributed by atoms with E-state index in [1.807, 2.05) is 13.8 Å². The lowest BCUT2D eigenvalue weighted by atomic mass is 10.0. The van der Waals surface area contributed by atoms with Crippen LogP contribution in [0.5, 0.6) is 0 Å². The van der Waals surface area contributed by atoms with Crippen molar-refractivity contribution in [1.29, 1.82) is 0 Å². The summed E-state index contributed by atoms with van der Waals surface area (Å²) < 4.78 is 0. The van der Waals surface area contributed by atoms with Crippen molar-refractivity contribution in [3.8, 4) is 0 Å². The third kappa shape index (κ3) is 5.70. The van der Waals surface area contributed by atoms with Crippen LogP contribution in [0.2, 0.25) is 0 Å². The zero-order valence-electron chi connectivity index (χ0n) is 10.0. The fourth-order valence-electron chi connectivity index (χ4n) is 1.46. The van der Waals surface area contributed by atoms with Crippen LogP contribution in [-0.4, -0.2) is 29.6 Å². The molecule has 5 nitrogen and oxygen atoms in total. The van der Waals surface area contributed by atoms with Crippen molar-refractivity contribution in [3.63, 3.8) is 0 Å². The summed E-state index contributed by atoms with van der Waals surface area (Å²) in [7, 11) is 0. The number of carboxylic acids is 1. The molecule has 2 atom stereocenters. The first-order chi connectivity index (χ1) is 7.54. The number of rotatable bonds is 8. The van der Waals surface area contributed by atoms with Crippen LogP contribution in [0.1, 0.15) is 39.5 Å². The third-order valence-corrected chi connectivity index (χ3v) is 2.60. The number of hydrogen-bond donors (Lipinski definition) is 3. The van der Waals surface area contributed by atoms with Crippen molar-refractivity contribution >= 4 is 11.9 Å². The van der Waals surface area contributed by atoms with E-state index in [0.717, 1.165) is 12.8 Å². The van der Waals surface area contributed by atoms with E-state index < -0.39 is 12.0 Å². The number of nitrogens with one attached hydrogen (secondary N) is 1. The molecule has 0 heterocycles. The fourth-order valence-corrected chi connectivity index (χ4v) is 1.46. The maximum atomic E-state index is 11.5. The molecule has 0 fully saturated rings. The third-order valence-electron chi connectivity index (χ3n) is 2.60. The molecule has 0 radical (unpaired) electrons. The van der Waals surface area contributed by atoms with E-state index in [1.54, 1.807) is 0 Å². The number of nitrogens with two attached hydrogens (primary N) is 1. The van der Waals surface area contributed by atoms with Crippen LogP contribution in [0.3, 0.4) is 0 Å². The lowest BCUT2D eigenvalue weighted by Gasteiger charge is -2.16. The zero-order valence-corrected chi connectivity index (χ0v) is 10.0. The molecule has 0 bridgehead atoms. The van der Waals surface area contributed by atoms with Gasteiger partial charge in [0.2, 0.25) is 5.91 Å². The Morgan fingerprint density at radius 1 is 1.38 bits per heavy atom. The Balaban J connectivity index is 4.13. The molecule has 0 aliphatic heterocycles. The molecule has 0 aliphatic carbocycles. The van der Waals surface area contributed by atoms with Gasteiger partial charge in [-0.05, 0) is 18.9 Å². The molecule has 1 amide bonds. The highest BCUT2D eigenvalue weighted by atomic mass is 16.4. The molecular weight excluding hydrogens is 208 g/mol. The van der Waals surface area contributed by atoms with E-state index in [4.69, 9.17) is 10.8 Å². The van der Waals surface area contributed by atoms with Gasteiger partial charge < -0.3 is 16.2 Å². The molecule has 4 N–H and O–H groups in total. The monoisotopic (exact) mass is 230 g/mol. The van der Waals surface area contributed by atoms with Crippen LogP contribution >= 0.6 is 0 Å². The molecule has 0 rings (SSSR count). The van der Waals surface area contributed by atoms with E-state index in [-0.39, 0.29) is 11.8 Å². The quantitative estimate of drug-likeness (QED) is 0.573. The number of carbonyl (C=O) groups excluding carboxylic acids is 1. The maximum absolute atomic E-state index is 11.5. The predicted octanol–water partition coefficient (Wildman–Crippen LogP) is 0.731. The summed E-state index contributed by atoms with van der Waals surface area (Å²) in [5.74, 6) is -1.06. The van der Waals surface area contributed by atoms with E-state index in [9.17, 15) is 9.59 Å². The summed E-state index contributed by atoms with van der Waals surface area (Å²) in [4.78, 5) is 22.3. The maximum Gasteiger partial charge on any atom is 0.326 e. The molecule has 0 aromatic rings. The minimum absolute atomic E-state index is 0.135. The van der Waals surface area contributed by atoms with Crippen molar-refractivity contribution in [2.24, 2.45) is 11.7 Å². The van der Waals surface area contributed by atoms with Crippen molar-refractivity contribution in [2.75, 3.05) is 6.54 Å². The standard InChI is InChI=1S/C11H22N2O3/c1-3-5-9(11(15)16)13-10(14)6-8(4-2)7-12/h8-9H,3-7,12H2,1-2H3,(H,13,14)(H,15,16)/t8?,9-/m1/s1. The Labute approximate surface area is 96.4 Å². The highest BCUT2D eigenvalue weighted by Gasteiger charge is 2.20. The van der Waals surface area contributed by atoms with Gasteiger partial charge in [-0.2, -0.15) is 0 Å². The first kappa shape index (κ1) is 14.9. The minimum atomic E-state index is -0.976. The second-order valence-corrected chi connectivity index (χ2v) is 3.96. The molecule has 16 heavy (non-hydrogen) atoms. The Kier molecular flexibility index (Phi) is 7.54. The van der Waals surface area contributed by atoms with Crippen LogP contribution in [0.15, 0.2) is 0 Å². The van der Waals surface area contributed by atoms with Crippen molar-refractivity contribution in [1.82, 2.24) is 5.32 Å². The Hall–Kier alpha value is -1.10. The van der Waals surface area contributed by atoms with Gasteiger partial charge in [0.1, 0.15) is 6.04 Å². The van der Waals surface area contributed by atoms with Crippen LogP contribution in [0.4, 0.5) is 0 Å². The number of carboxylic acid groups (broad SMARTS) is 1. The van der Waals surface area contributed by atoms with Gasteiger partial charge in [0.25, 0.3) is 0 Å². The average Bonchev–Trinajstić information content (AvgIpc) is 2.25. The molecule has 0 saturated carbocycles. The van der Waals surface area contributed by atoms with Gasteiger partial charge in [0, 0.05) is 6.42 Å². The lowest BCUT2D eigenvalue weighted by Crippen LogP contribution is -2.41. The molecular formula is C11H22N2O3. The van der Waals surface area contributed by atoms with Crippen molar-refractivity contribution < 1.29 is 14.7 Å². The fraction of sp³-hybridized carbons (Fsp3) is 0.818. The summed E-state index contributed by atoms with van der Waals surface area (Å²) in [6.45, 7) is 4.30. The molecule has 1 unspecified atom stereocenters. The molecule has 0 spiro atoms. The van der Waals surface area contributed by atoms with Crippen LogP contribution in [-0.2, 0) is 9.59 Å².